The van der Waals surface area contributed by atoms with Gasteiger partial charge in [0, 0.05) is 10.3 Å². The minimum absolute atomic E-state index is 0.185. The van der Waals surface area contributed by atoms with Gasteiger partial charge in [-0.25, -0.2) is 14.8 Å². The quantitative estimate of drug-likeness (QED) is 0.361. The second-order valence-electron chi connectivity index (χ2n) is 5.44. The maximum Gasteiger partial charge on any atom is 0.509 e. The number of rotatable bonds is 4. The summed E-state index contributed by atoms with van der Waals surface area (Å²) in [5.41, 5.74) is 1.02. The summed E-state index contributed by atoms with van der Waals surface area (Å²) in [5.74, 6) is 0. The third-order valence-corrected chi connectivity index (χ3v) is 5.50. The molecule has 5 nitrogen and oxygen atoms in total. The Bertz CT molecular complexity index is 699. The van der Waals surface area contributed by atoms with Gasteiger partial charge in [0.05, 0.1) is 6.10 Å². The van der Waals surface area contributed by atoms with E-state index in [-0.39, 0.29) is 11.5 Å². The molecule has 1 aliphatic carbocycles. The normalized spacial score (nSPS) is 15.1. The van der Waals surface area contributed by atoms with E-state index in [0.29, 0.717) is 0 Å². The molecule has 0 aromatic carbocycles. The number of hydrogen-bond donors (Lipinski definition) is 0. The SMILES string of the molecule is CC(C)OC(=O)O[C@@H](C)Sc1ncnc2sc3c(c12)CCC3. The molecule has 7 heteroatoms. The van der Waals surface area contributed by atoms with Crippen LogP contribution in [-0.4, -0.2) is 27.7 Å². The van der Waals surface area contributed by atoms with Crippen LogP contribution >= 0.6 is 23.1 Å². The van der Waals surface area contributed by atoms with Crippen LogP contribution in [0.2, 0.25) is 0 Å². The summed E-state index contributed by atoms with van der Waals surface area (Å²) < 4.78 is 10.3. The molecule has 0 aliphatic heterocycles. The number of aromatic nitrogens is 2. The van der Waals surface area contributed by atoms with E-state index in [2.05, 4.69) is 9.97 Å². The van der Waals surface area contributed by atoms with Gasteiger partial charge in [-0.1, -0.05) is 11.8 Å². The van der Waals surface area contributed by atoms with Gasteiger partial charge in [0.1, 0.15) is 16.2 Å². The zero-order chi connectivity index (χ0) is 15.7. The Labute approximate surface area is 137 Å². The molecular weight excluding hydrogens is 320 g/mol. The number of fused-ring (bicyclic) bond motifs is 3. The topological polar surface area (TPSA) is 61.3 Å². The molecule has 0 fully saturated rings. The van der Waals surface area contributed by atoms with E-state index in [9.17, 15) is 4.79 Å². The average Bonchev–Trinajstić information content (AvgIpc) is 2.97. The molecule has 0 unspecified atom stereocenters. The number of nitrogens with zero attached hydrogens (tertiary/aromatic N) is 2. The van der Waals surface area contributed by atoms with Crippen LogP contribution in [0.25, 0.3) is 10.2 Å². The number of carbonyl (C=O) groups is 1. The maximum absolute atomic E-state index is 11.6. The molecule has 118 valence electrons. The lowest BCUT2D eigenvalue weighted by atomic mass is 10.2. The smallest absolute Gasteiger partial charge is 0.432 e. The monoisotopic (exact) mass is 338 g/mol. The summed E-state index contributed by atoms with van der Waals surface area (Å²) in [6.07, 6.45) is 4.17. The lowest BCUT2D eigenvalue weighted by Crippen LogP contribution is -2.17. The average molecular weight is 338 g/mol. The van der Waals surface area contributed by atoms with Gasteiger partial charge >= 0.3 is 6.16 Å². The van der Waals surface area contributed by atoms with E-state index in [0.717, 1.165) is 28.1 Å². The first-order valence-electron chi connectivity index (χ1n) is 7.33. The lowest BCUT2D eigenvalue weighted by molar-refractivity contribution is 0.0312. The molecule has 0 saturated carbocycles. The van der Waals surface area contributed by atoms with Crippen molar-refractivity contribution in [1.82, 2.24) is 9.97 Å². The van der Waals surface area contributed by atoms with Crippen molar-refractivity contribution in [1.29, 1.82) is 0 Å². The fourth-order valence-electron chi connectivity index (χ4n) is 2.53. The number of thiophene rings is 1. The van der Waals surface area contributed by atoms with Crippen LogP contribution in [0.1, 0.15) is 37.6 Å². The fraction of sp³-hybridized carbons (Fsp3) is 0.533. The Balaban J connectivity index is 1.78. The fourth-order valence-corrected chi connectivity index (χ4v) is 4.71. The van der Waals surface area contributed by atoms with Crippen LogP contribution < -0.4 is 0 Å². The van der Waals surface area contributed by atoms with Gasteiger partial charge in [0.15, 0.2) is 5.44 Å². The van der Waals surface area contributed by atoms with E-state index < -0.39 is 6.16 Å². The number of aryl methyl sites for hydroxylation is 2. The van der Waals surface area contributed by atoms with Crippen molar-refractivity contribution in [3.05, 3.63) is 16.8 Å². The summed E-state index contributed by atoms with van der Waals surface area (Å²) in [4.78, 5) is 22.8. The second kappa shape index (κ2) is 6.42. The summed E-state index contributed by atoms with van der Waals surface area (Å²) in [6.45, 7) is 5.41. The van der Waals surface area contributed by atoms with Gasteiger partial charge < -0.3 is 9.47 Å². The van der Waals surface area contributed by atoms with E-state index in [1.807, 2.05) is 6.92 Å². The molecule has 1 aliphatic rings. The molecule has 2 heterocycles. The maximum atomic E-state index is 11.6. The Morgan fingerprint density at radius 2 is 2.09 bits per heavy atom. The summed E-state index contributed by atoms with van der Waals surface area (Å²) in [5, 5.41) is 2.02. The zero-order valence-electron chi connectivity index (χ0n) is 12.8. The van der Waals surface area contributed by atoms with Crippen molar-refractivity contribution in [3.63, 3.8) is 0 Å². The molecule has 0 saturated heterocycles. The van der Waals surface area contributed by atoms with Gasteiger partial charge in [-0.05, 0) is 45.6 Å². The molecule has 0 bridgehead atoms. The first-order valence-corrected chi connectivity index (χ1v) is 9.03. The molecule has 0 N–H and O–H groups in total. The van der Waals surface area contributed by atoms with Crippen molar-refractivity contribution in [2.45, 2.75) is 56.6 Å². The minimum Gasteiger partial charge on any atom is -0.432 e. The third kappa shape index (κ3) is 3.20. The van der Waals surface area contributed by atoms with Crippen LogP contribution in [-0.2, 0) is 22.3 Å². The molecule has 1 atom stereocenters. The molecule has 2 aromatic rings. The van der Waals surface area contributed by atoms with Crippen molar-refractivity contribution >= 4 is 39.5 Å². The summed E-state index contributed by atoms with van der Waals surface area (Å²) in [6, 6.07) is 0. The number of hydrogen-bond acceptors (Lipinski definition) is 7. The molecule has 0 amide bonds. The molecular formula is C15H18N2O3S2. The van der Waals surface area contributed by atoms with Gasteiger partial charge in [-0.2, -0.15) is 0 Å². The van der Waals surface area contributed by atoms with Crippen molar-refractivity contribution < 1.29 is 14.3 Å². The highest BCUT2D eigenvalue weighted by molar-refractivity contribution is 7.99. The Morgan fingerprint density at radius 1 is 1.27 bits per heavy atom. The highest BCUT2D eigenvalue weighted by atomic mass is 32.2. The summed E-state index contributed by atoms with van der Waals surface area (Å²) in [7, 11) is 0. The highest BCUT2D eigenvalue weighted by Gasteiger charge is 2.23. The highest BCUT2D eigenvalue weighted by Crippen LogP contribution is 2.40. The van der Waals surface area contributed by atoms with E-state index in [1.54, 1.807) is 31.5 Å². The Kier molecular flexibility index (Phi) is 4.54. The van der Waals surface area contributed by atoms with Crippen molar-refractivity contribution in [2.75, 3.05) is 0 Å². The molecule has 22 heavy (non-hydrogen) atoms. The van der Waals surface area contributed by atoms with Crippen LogP contribution in [0, 0.1) is 0 Å². The van der Waals surface area contributed by atoms with Crippen molar-refractivity contribution in [2.24, 2.45) is 0 Å². The van der Waals surface area contributed by atoms with Gasteiger partial charge in [-0.15, -0.1) is 11.3 Å². The van der Waals surface area contributed by atoms with Crippen LogP contribution in [0.15, 0.2) is 11.4 Å². The van der Waals surface area contributed by atoms with E-state index in [4.69, 9.17) is 9.47 Å². The second-order valence-corrected chi connectivity index (χ2v) is 7.81. The number of thioether (sulfide) groups is 1. The van der Waals surface area contributed by atoms with E-state index >= 15 is 0 Å². The standard InChI is InChI=1S/C15H18N2O3S2/c1-8(2)19-15(18)20-9(3)21-13-12-10-5-4-6-11(10)22-14(12)17-7-16-13/h7-9H,4-6H2,1-3H3/t9-/m1/s1. The molecule has 3 rings (SSSR count). The first-order chi connectivity index (χ1) is 10.5. The first kappa shape index (κ1) is 15.6. The molecule has 0 spiro atoms. The zero-order valence-corrected chi connectivity index (χ0v) is 14.4. The van der Waals surface area contributed by atoms with Crippen LogP contribution in [0.5, 0.6) is 0 Å². The molecule has 0 radical (unpaired) electrons. The largest absolute Gasteiger partial charge is 0.509 e. The third-order valence-electron chi connectivity index (χ3n) is 3.34. The Morgan fingerprint density at radius 3 is 2.86 bits per heavy atom. The van der Waals surface area contributed by atoms with E-state index in [1.165, 1.54) is 28.6 Å². The van der Waals surface area contributed by atoms with Gasteiger partial charge in [0.2, 0.25) is 0 Å². The predicted octanol–water partition coefficient (Wildman–Crippen LogP) is 4.18. The molecule has 2 aromatic heterocycles. The van der Waals surface area contributed by atoms with Crippen LogP contribution in [0.3, 0.4) is 0 Å². The lowest BCUT2D eigenvalue weighted by Gasteiger charge is -2.14. The van der Waals surface area contributed by atoms with Crippen LogP contribution in [0.4, 0.5) is 4.79 Å². The Hall–Kier alpha value is -1.34. The minimum atomic E-state index is -0.643. The van der Waals surface area contributed by atoms with Crippen molar-refractivity contribution in [3.8, 4) is 0 Å². The van der Waals surface area contributed by atoms with Gasteiger partial charge in [-0.3, -0.25) is 0 Å². The number of ether oxygens (including phenoxy) is 2. The number of carbonyl (C=O) groups excluding carboxylic acids is 1. The summed E-state index contributed by atoms with van der Waals surface area (Å²) >= 11 is 3.18. The predicted molar refractivity (Wildman–Crippen MR) is 87.5 cm³/mol. The van der Waals surface area contributed by atoms with Gasteiger partial charge in [0.25, 0.3) is 0 Å².